The summed E-state index contributed by atoms with van der Waals surface area (Å²) in [6.45, 7) is 3.21. The van der Waals surface area contributed by atoms with E-state index in [4.69, 9.17) is 4.74 Å². The Morgan fingerprint density at radius 1 is 1.14 bits per heavy atom. The van der Waals surface area contributed by atoms with Gasteiger partial charge in [0.15, 0.2) is 0 Å². The Kier molecular flexibility index (Phi) is 7.13. The molecule has 28 heavy (non-hydrogen) atoms. The molecule has 2 aromatic rings. The van der Waals surface area contributed by atoms with Crippen molar-refractivity contribution in [2.24, 2.45) is 0 Å². The van der Waals surface area contributed by atoms with Crippen LogP contribution in [0.15, 0.2) is 53.4 Å². The first-order chi connectivity index (χ1) is 13.2. The van der Waals surface area contributed by atoms with E-state index in [-0.39, 0.29) is 35.3 Å². The number of nitrogens with one attached hydrogen (secondary N) is 2. The van der Waals surface area contributed by atoms with Crippen LogP contribution in [0.5, 0.6) is 5.75 Å². The molecule has 0 aromatic heterocycles. The van der Waals surface area contributed by atoms with Crippen molar-refractivity contribution in [3.05, 3.63) is 54.1 Å². The largest absolute Gasteiger partial charge is 0.492 e. The van der Waals surface area contributed by atoms with Gasteiger partial charge in [-0.2, -0.15) is 4.72 Å². The third-order valence-electron chi connectivity index (χ3n) is 3.73. The first-order valence-corrected chi connectivity index (χ1v) is 10.0. The van der Waals surface area contributed by atoms with Crippen LogP contribution < -0.4 is 14.8 Å². The highest BCUT2D eigenvalue weighted by atomic mass is 32.2. The maximum absolute atomic E-state index is 12.9. The Morgan fingerprint density at radius 3 is 2.39 bits per heavy atom. The topological polar surface area (TPSA) is 122 Å². The van der Waals surface area contributed by atoms with Gasteiger partial charge in [0.05, 0.1) is 6.61 Å². The molecular weight excluding hydrogens is 384 g/mol. The number of carboxylic acid groups (broad SMARTS) is 1. The van der Waals surface area contributed by atoms with Crippen LogP contribution >= 0.6 is 0 Å². The summed E-state index contributed by atoms with van der Waals surface area (Å²) in [5.41, 5.74) is 0.931. The van der Waals surface area contributed by atoms with Gasteiger partial charge in [-0.3, -0.25) is 9.59 Å². The first-order valence-electron chi connectivity index (χ1n) is 8.56. The second kappa shape index (κ2) is 9.34. The molecule has 0 heterocycles. The molecule has 0 saturated carbocycles. The van der Waals surface area contributed by atoms with E-state index in [0.717, 1.165) is 0 Å². The van der Waals surface area contributed by atoms with Crippen LogP contribution in [0.1, 0.15) is 19.4 Å². The zero-order valence-corrected chi connectivity index (χ0v) is 16.3. The highest BCUT2D eigenvalue weighted by Crippen LogP contribution is 2.28. The van der Waals surface area contributed by atoms with E-state index in [1.807, 2.05) is 0 Å². The van der Waals surface area contributed by atoms with E-state index >= 15 is 0 Å². The number of aliphatic carboxylic acids is 1. The van der Waals surface area contributed by atoms with Crippen molar-refractivity contribution in [1.82, 2.24) is 4.72 Å². The molecule has 0 aliphatic rings. The highest BCUT2D eigenvalue weighted by molar-refractivity contribution is 7.89. The Bertz CT molecular complexity index is 944. The molecule has 9 heteroatoms. The molecule has 0 saturated heterocycles. The standard InChI is InChI=1S/C19H22N2O6S/c1-3-27-17-10-9-15(20-13(2)22)12-18(17)28(25,26)21-16(19(23)24)11-14-7-5-4-6-8-14/h4-10,12,16,21H,3,11H2,1-2H3,(H,20,22)(H,23,24)/t16-/m1/s1. The number of carboxylic acids is 1. The first kappa shape index (κ1) is 21.4. The number of rotatable bonds is 9. The number of amides is 1. The Labute approximate surface area is 163 Å². The number of sulfonamides is 1. The average molecular weight is 406 g/mol. The molecule has 0 bridgehead atoms. The van der Waals surface area contributed by atoms with E-state index in [0.29, 0.717) is 5.56 Å². The van der Waals surface area contributed by atoms with Gasteiger partial charge in [0.25, 0.3) is 0 Å². The summed E-state index contributed by atoms with van der Waals surface area (Å²) < 4.78 is 33.4. The lowest BCUT2D eigenvalue weighted by molar-refractivity contribution is -0.138. The summed E-state index contributed by atoms with van der Waals surface area (Å²) >= 11 is 0. The fourth-order valence-electron chi connectivity index (χ4n) is 2.55. The van der Waals surface area contributed by atoms with Gasteiger partial charge in [-0.1, -0.05) is 30.3 Å². The van der Waals surface area contributed by atoms with Crippen molar-refractivity contribution in [1.29, 1.82) is 0 Å². The Morgan fingerprint density at radius 2 is 1.82 bits per heavy atom. The van der Waals surface area contributed by atoms with Crippen LogP contribution in [-0.2, 0) is 26.0 Å². The molecule has 8 nitrogen and oxygen atoms in total. The van der Waals surface area contributed by atoms with Crippen LogP contribution in [0.3, 0.4) is 0 Å². The number of ether oxygens (including phenoxy) is 1. The second-order valence-corrected chi connectivity index (χ2v) is 7.66. The van der Waals surface area contributed by atoms with E-state index in [9.17, 15) is 23.1 Å². The molecule has 3 N–H and O–H groups in total. The number of carbonyl (C=O) groups is 2. The minimum Gasteiger partial charge on any atom is -0.492 e. The zero-order chi connectivity index (χ0) is 20.7. The summed E-state index contributed by atoms with van der Waals surface area (Å²) in [6, 6.07) is 11.5. The number of benzene rings is 2. The second-order valence-electron chi connectivity index (χ2n) is 5.98. The summed E-state index contributed by atoms with van der Waals surface area (Å²) in [6.07, 6.45) is -0.0231. The third-order valence-corrected chi connectivity index (χ3v) is 5.22. The molecule has 0 radical (unpaired) electrons. The van der Waals surface area contributed by atoms with Gasteiger partial charge < -0.3 is 15.2 Å². The van der Waals surface area contributed by atoms with Gasteiger partial charge in [-0.25, -0.2) is 8.42 Å². The monoisotopic (exact) mass is 406 g/mol. The molecular formula is C19H22N2O6S. The summed E-state index contributed by atoms with van der Waals surface area (Å²) in [5, 5.41) is 12.0. The lowest BCUT2D eigenvalue weighted by Gasteiger charge is -2.17. The van der Waals surface area contributed by atoms with Gasteiger partial charge in [0, 0.05) is 12.6 Å². The zero-order valence-electron chi connectivity index (χ0n) is 15.5. The SMILES string of the molecule is CCOc1ccc(NC(C)=O)cc1S(=O)(=O)N[C@H](Cc1ccccc1)C(=O)O. The average Bonchev–Trinajstić information content (AvgIpc) is 2.62. The maximum Gasteiger partial charge on any atom is 0.322 e. The molecule has 0 aliphatic heterocycles. The normalized spacial score (nSPS) is 12.2. The predicted molar refractivity (Wildman–Crippen MR) is 104 cm³/mol. The van der Waals surface area contributed by atoms with E-state index in [1.54, 1.807) is 37.3 Å². The van der Waals surface area contributed by atoms with Gasteiger partial charge in [0.2, 0.25) is 15.9 Å². The number of carbonyl (C=O) groups excluding carboxylic acids is 1. The van der Waals surface area contributed by atoms with Crippen LogP contribution in [0.4, 0.5) is 5.69 Å². The van der Waals surface area contributed by atoms with Crippen LogP contribution in [-0.4, -0.2) is 38.0 Å². The maximum atomic E-state index is 12.9. The van der Waals surface area contributed by atoms with E-state index in [1.165, 1.54) is 25.1 Å². The molecule has 0 aliphatic carbocycles. The molecule has 2 rings (SSSR count). The van der Waals surface area contributed by atoms with Gasteiger partial charge in [-0.05, 0) is 37.1 Å². The lowest BCUT2D eigenvalue weighted by Crippen LogP contribution is -2.42. The van der Waals surface area contributed by atoms with Crippen LogP contribution in [0, 0.1) is 0 Å². The fraction of sp³-hybridized carbons (Fsp3) is 0.263. The van der Waals surface area contributed by atoms with Gasteiger partial charge >= 0.3 is 5.97 Å². The molecule has 0 fully saturated rings. The minimum atomic E-state index is -4.24. The highest BCUT2D eigenvalue weighted by Gasteiger charge is 2.28. The number of hydrogen-bond donors (Lipinski definition) is 3. The van der Waals surface area contributed by atoms with Crippen molar-refractivity contribution in [3.63, 3.8) is 0 Å². The smallest absolute Gasteiger partial charge is 0.322 e. The molecule has 0 spiro atoms. The molecule has 2 aromatic carbocycles. The van der Waals surface area contributed by atoms with Crippen LogP contribution in [0.2, 0.25) is 0 Å². The Balaban J connectivity index is 2.37. The van der Waals surface area contributed by atoms with Crippen molar-refractivity contribution < 1.29 is 27.9 Å². The summed E-state index contributed by atoms with van der Waals surface area (Å²) in [7, 11) is -4.24. The van der Waals surface area contributed by atoms with Crippen molar-refractivity contribution in [2.75, 3.05) is 11.9 Å². The van der Waals surface area contributed by atoms with Gasteiger partial charge in [0.1, 0.15) is 16.7 Å². The quantitative estimate of drug-likeness (QED) is 0.586. The van der Waals surface area contributed by atoms with Crippen molar-refractivity contribution in [3.8, 4) is 5.75 Å². The van der Waals surface area contributed by atoms with Gasteiger partial charge in [-0.15, -0.1) is 0 Å². The van der Waals surface area contributed by atoms with Crippen molar-refractivity contribution in [2.45, 2.75) is 31.2 Å². The van der Waals surface area contributed by atoms with E-state index in [2.05, 4.69) is 10.0 Å². The summed E-state index contributed by atoms with van der Waals surface area (Å²) in [4.78, 5) is 22.6. The van der Waals surface area contributed by atoms with Crippen molar-refractivity contribution >= 4 is 27.6 Å². The molecule has 150 valence electrons. The number of anilines is 1. The van der Waals surface area contributed by atoms with E-state index < -0.39 is 22.0 Å². The van der Waals surface area contributed by atoms with Crippen LogP contribution in [0.25, 0.3) is 0 Å². The molecule has 0 unspecified atom stereocenters. The Hall–Kier alpha value is -2.91. The predicted octanol–water partition coefficient (Wildman–Crippen LogP) is 2.02. The minimum absolute atomic E-state index is 0.0231. The summed E-state index contributed by atoms with van der Waals surface area (Å²) in [5.74, 6) is -1.61. The fourth-order valence-corrected chi connectivity index (χ4v) is 3.91. The third kappa shape index (κ3) is 5.80. The molecule has 1 atom stereocenters. The molecule has 1 amide bonds. The number of hydrogen-bond acceptors (Lipinski definition) is 5. The lowest BCUT2D eigenvalue weighted by atomic mass is 10.1.